The Morgan fingerprint density at radius 2 is 1.80 bits per heavy atom. The molecule has 0 aliphatic carbocycles. The van der Waals surface area contributed by atoms with Crippen molar-refractivity contribution in [2.45, 2.75) is 19.5 Å². The van der Waals surface area contributed by atoms with Gasteiger partial charge in [-0.3, -0.25) is 0 Å². The number of halogens is 2. The van der Waals surface area contributed by atoms with Crippen LogP contribution in [-0.2, 0) is 6.54 Å². The Morgan fingerprint density at radius 1 is 1.10 bits per heavy atom. The SMILES string of the molecule is COc1ccc(CNC(C)c2ccc(Br)cc2)cc1Br. The third-order valence-electron chi connectivity index (χ3n) is 3.20. The monoisotopic (exact) mass is 397 g/mol. The van der Waals surface area contributed by atoms with Gasteiger partial charge in [0.1, 0.15) is 5.75 Å². The van der Waals surface area contributed by atoms with E-state index in [0.717, 1.165) is 21.2 Å². The zero-order valence-electron chi connectivity index (χ0n) is 11.5. The number of nitrogens with one attached hydrogen (secondary N) is 1. The minimum Gasteiger partial charge on any atom is -0.496 e. The van der Waals surface area contributed by atoms with Crippen LogP contribution in [0.5, 0.6) is 5.75 Å². The lowest BCUT2D eigenvalue weighted by Crippen LogP contribution is -2.18. The smallest absolute Gasteiger partial charge is 0.133 e. The van der Waals surface area contributed by atoms with E-state index in [-0.39, 0.29) is 0 Å². The van der Waals surface area contributed by atoms with Gasteiger partial charge in [0.2, 0.25) is 0 Å². The van der Waals surface area contributed by atoms with Crippen LogP contribution in [0.15, 0.2) is 51.4 Å². The van der Waals surface area contributed by atoms with Crippen molar-refractivity contribution < 1.29 is 4.74 Å². The van der Waals surface area contributed by atoms with E-state index in [9.17, 15) is 0 Å². The molecule has 1 atom stereocenters. The van der Waals surface area contributed by atoms with Crippen molar-refractivity contribution in [2.24, 2.45) is 0 Å². The molecular formula is C16H17Br2NO. The van der Waals surface area contributed by atoms with Gasteiger partial charge in [0.15, 0.2) is 0 Å². The lowest BCUT2D eigenvalue weighted by molar-refractivity contribution is 0.412. The van der Waals surface area contributed by atoms with Gasteiger partial charge in [-0.05, 0) is 58.2 Å². The minimum absolute atomic E-state index is 0.309. The van der Waals surface area contributed by atoms with Crippen molar-refractivity contribution in [3.63, 3.8) is 0 Å². The van der Waals surface area contributed by atoms with Gasteiger partial charge < -0.3 is 10.1 Å². The van der Waals surface area contributed by atoms with Gasteiger partial charge >= 0.3 is 0 Å². The molecule has 0 saturated carbocycles. The Labute approximate surface area is 136 Å². The minimum atomic E-state index is 0.309. The molecule has 0 saturated heterocycles. The van der Waals surface area contributed by atoms with E-state index >= 15 is 0 Å². The Bertz CT molecular complexity index is 569. The van der Waals surface area contributed by atoms with E-state index in [4.69, 9.17) is 4.74 Å². The molecule has 0 heterocycles. The molecule has 2 aromatic carbocycles. The molecule has 1 N–H and O–H groups in total. The first-order chi connectivity index (χ1) is 9.60. The van der Waals surface area contributed by atoms with Crippen molar-refractivity contribution >= 4 is 31.9 Å². The van der Waals surface area contributed by atoms with Crippen LogP contribution < -0.4 is 10.1 Å². The van der Waals surface area contributed by atoms with Crippen LogP contribution in [-0.4, -0.2) is 7.11 Å². The third-order valence-corrected chi connectivity index (χ3v) is 4.35. The van der Waals surface area contributed by atoms with Crippen molar-refractivity contribution in [3.05, 3.63) is 62.5 Å². The van der Waals surface area contributed by atoms with Crippen LogP contribution in [0.3, 0.4) is 0 Å². The lowest BCUT2D eigenvalue weighted by atomic mass is 10.1. The number of hydrogen-bond donors (Lipinski definition) is 1. The van der Waals surface area contributed by atoms with E-state index in [1.54, 1.807) is 7.11 Å². The highest BCUT2D eigenvalue weighted by atomic mass is 79.9. The van der Waals surface area contributed by atoms with Crippen LogP contribution in [0.2, 0.25) is 0 Å². The summed E-state index contributed by atoms with van der Waals surface area (Å²) in [6.07, 6.45) is 0. The Hall–Kier alpha value is -0.840. The first-order valence-electron chi connectivity index (χ1n) is 6.41. The predicted molar refractivity (Wildman–Crippen MR) is 90.1 cm³/mol. The molecule has 0 amide bonds. The van der Waals surface area contributed by atoms with E-state index in [1.807, 2.05) is 6.07 Å². The Kier molecular flexibility index (Phi) is 5.64. The second kappa shape index (κ2) is 7.25. The van der Waals surface area contributed by atoms with Gasteiger partial charge in [-0.15, -0.1) is 0 Å². The molecule has 0 radical (unpaired) electrons. The summed E-state index contributed by atoms with van der Waals surface area (Å²) in [5, 5.41) is 3.52. The van der Waals surface area contributed by atoms with Crippen LogP contribution in [0.25, 0.3) is 0 Å². The van der Waals surface area contributed by atoms with E-state index in [0.29, 0.717) is 6.04 Å². The lowest BCUT2D eigenvalue weighted by Gasteiger charge is -2.15. The maximum atomic E-state index is 5.23. The molecular weight excluding hydrogens is 382 g/mol. The van der Waals surface area contributed by atoms with E-state index in [2.05, 4.69) is 80.5 Å². The van der Waals surface area contributed by atoms with Crippen LogP contribution in [0, 0.1) is 0 Å². The first kappa shape index (κ1) is 15.5. The summed E-state index contributed by atoms with van der Waals surface area (Å²) < 4.78 is 7.32. The van der Waals surface area contributed by atoms with Crippen molar-refractivity contribution in [3.8, 4) is 5.75 Å². The second-order valence-electron chi connectivity index (χ2n) is 4.62. The second-order valence-corrected chi connectivity index (χ2v) is 6.39. The van der Waals surface area contributed by atoms with Crippen molar-refractivity contribution in [1.29, 1.82) is 0 Å². The fourth-order valence-corrected chi connectivity index (χ4v) is 2.81. The third kappa shape index (κ3) is 4.08. The van der Waals surface area contributed by atoms with Gasteiger partial charge in [-0.25, -0.2) is 0 Å². The standard InChI is InChI=1S/C16H17Br2NO/c1-11(13-4-6-14(17)7-5-13)19-10-12-3-8-16(20-2)15(18)9-12/h3-9,11,19H,10H2,1-2H3. The quantitative estimate of drug-likeness (QED) is 0.758. The molecule has 106 valence electrons. The Balaban J connectivity index is 1.97. The summed E-state index contributed by atoms with van der Waals surface area (Å²) in [5.74, 6) is 0.856. The largest absolute Gasteiger partial charge is 0.496 e. The summed E-state index contributed by atoms with van der Waals surface area (Å²) in [5.41, 5.74) is 2.50. The average Bonchev–Trinajstić information content (AvgIpc) is 2.45. The molecule has 0 aliphatic rings. The molecule has 20 heavy (non-hydrogen) atoms. The summed E-state index contributed by atoms with van der Waals surface area (Å²) in [6, 6.07) is 14.8. The number of ether oxygens (including phenoxy) is 1. The molecule has 0 bridgehead atoms. The van der Waals surface area contributed by atoms with E-state index < -0.39 is 0 Å². The van der Waals surface area contributed by atoms with E-state index in [1.165, 1.54) is 11.1 Å². The van der Waals surface area contributed by atoms with Crippen molar-refractivity contribution in [2.75, 3.05) is 7.11 Å². The highest BCUT2D eigenvalue weighted by Crippen LogP contribution is 2.25. The molecule has 2 rings (SSSR count). The molecule has 1 unspecified atom stereocenters. The zero-order chi connectivity index (χ0) is 14.5. The maximum Gasteiger partial charge on any atom is 0.133 e. The summed E-state index contributed by atoms with van der Waals surface area (Å²) in [4.78, 5) is 0. The van der Waals surface area contributed by atoms with Gasteiger partial charge in [0.05, 0.1) is 11.6 Å². The van der Waals surface area contributed by atoms with Gasteiger partial charge in [-0.1, -0.05) is 34.1 Å². The van der Waals surface area contributed by atoms with Crippen LogP contribution in [0.4, 0.5) is 0 Å². The molecule has 2 nitrogen and oxygen atoms in total. The zero-order valence-corrected chi connectivity index (χ0v) is 14.7. The summed E-state index contributed by atoms with van der Waals surface area (Å²) in [7, 11) is 1.67. The summed E-state index contributed by atoms with van der Waals surface area (Å²) >= 11 is 6.96. The fourth-order valence-electron chi connectivity index (χ4n) is 1.96. The topological polar surface area (TPSA) is 21.3 Å². The highest BCUT2D eigenvalue weighted by Gasteiger charge is 2.06. The Morgan fingerprint density at radius 3 is 2.40 bits per heavy atom. The van der Waals surface area contributed by atoms with Crippen LogP contribution >= 0.6 is 31.9 Å². The normalized spacial score (nSPS) is 12.2. The molecule has 0 spiro atoms. The van der Waals surface area contributed by atoms with Gasteiger partial charge in [0.25, 0.3) is 0 Å². The molecule has 2 aromatic rings. The van der Waals surface area contributed by atoms with Gasteiger partial charge in [0, 0.05) is 17.1 Å². The maximum absolute atomic E-state index is 5.23. The average molecular weight is 399 g/mol. The number of benzene rings is 2. The number of hydrogen-bond acceptors (Lipinski definition) is 2. The van der Waals surface area contributed by atoms with Crippen LogP contribution in [0.1, 0.15) is 24.1 Å². The molecule has 0 aliphatic heterocycles. The molecule has 4 heteroatoms. The number of rotatable bonds is 5. The van der Waals surface area contributed by atoms with Crippen molar-refractivity contribution in [1.82, 2.24) is 5.32 Å². The number of methoxy groups -OCH3 is 1. The highest BCUT2D eigenvalue weighted by molar-refractivity contribution is 9.10. The van der Waals surface area contributed by atoms with Gasteiger partial charge in [-0.2, -0.15) is 0 Å². The first-order valence-corrected chi connectivity index (χ1v) is 8.00. The summed E-state index contributed by atoms with van der Waals surface area (Å²) in [6.45, 7) is 2.99. The predicted octanol–water partition coefficient (Wildman–Crippen LogP) is 5.07. The molecule has 0 aromatic heterocycles. The molecule has 0 fully saturated rings. The fraction of sp³-hybridized carbons (Fsp3) is 0.250.